The highest BCUT2D eigenvalue weighted by molar-refractivity contribution is 8.14. The van der Waals surface area contributed by atoms with Crippen LogP contribution in [0.2, 0.25) is 0 Å². The number of benzene rings is 1. The molecule has 0 aliphatic carbocycles. The molecule has 0 saturated carbocycles. The fraction of sp³-hybridized carbons (Fsp3) is 0.300. The van der Waals surface area contributed by atoms with Gasteiger partial charge in [0.1, 0.15) is 0 Å². The van der Waals surface area contributed by atoms with Crippen molar-refractivity contribution in [2.45, 2.75) is 10.4 Å². The van der Waals surface area contributed by atoms with Crippen molar-refractivity contribution in [3.05, 3.63) is 24.3 Å². The van der Waals surface area contributed by atoms with Gasteiger partial charge in [0.15, 0.2) is 10.8 Å². The number of azo groups is 1. The lowest BCUT2D eigenvalue weighted by atomic mass is 10.3. The molecule has 0 radical (unpaired) electrons. The number of thioether (sulfide) groups is 1. The van der Waals surface area contributed by atoms with Crippen LogP contribution in [0.15, 0.2) is 44.4 Å². The van der Waals surface area contributed by atoms with Gasteiger partial charge in [0.25, 0.3) is 0 Å². The molecule has 102 valence electrons. The highest BCUT2D eigenvalue weighted by Crippen LogP contribution is 2.28. The van der Waals surface area contributed by atoms with E-state index in [1.165, 1.54) is 23.9 Å². The molecule has 1 aliphatic rings. The number of halogens is 3. The topological polar surface area (TPSA) is 54.1 Å². The van der Waals surface area contributed by atoms with Crippen LogP contribution in [0, 0.1) is 0 Å². The van der Waals surface area contributed by atoms with E-state index in [2.05, 4.69) is 15.2 Å². The number of aliphatic imine (C=N–C) groups is 1. The Morgan fingerprint density at radius 3 is 2.74 bits per heavy atom. The summed E-state index contributed by atoms with van der Waals surface area (Å²) >= 11 is 1.43. The SMILES string of the molecule is O=S(c1cccc(N=NC2=NCCS2)c1)C(F)(F)F. The average molecular weight is 307 g/mol. The van der Waals surface area contributed by atoms with E-state index in [0.717, 1.165) is 17.9 Å². The number of nitrogens with zero attached hydrogens (tertiary/aromatic N) is 3. The van der Waals surface area contributed by atoms with Gasteiger partial charge in [-0.1, -0.05) is 17.8 Å². The minimum Gasteiger partial charge on any atom is -0.258 e. The minimum absolute atomic E-state index is 0.213. The van der Waals surface area contributed by atoms with E-state index in [0.29, 0.717) is 11.7 Å². The van der Waals surface area contributed by atoms with Crippen LogP contribution >= 0.6 is 11.8 Å². The minimum atomic E-state index is -4.78. The van der Waals surface area contributed by atoms with Crippen molar-refractivity contribution in [2.75, 3.05) is 12.3 Å². The van der Waals surface area contributed by atoms with E-state index in [1.807, 2.05) is 0 Å². The van der Waals surface area contributed by atoms with Crippen molar-refractivity contribution < 1.29 is 17.4 Å². The van der Waals surface area contributed by atoms with Crippen LogP contribution in [0.5, 0.6) is 0 Å². The molecule has 1 aliphatic heterocycles. The van der Waals surface area contributed by atoms with Gasteiger partial charge in [-0.3, -0.25) is 4.99 Å². The molecular formula is C10H8F3N3OS2. The second kappa shape index (κ2) is 5.83. The van der Waals surface area contributed by atoms with Gasteiger partial charge in [0, 0.05) is 5.75 Å². The molecule has 0 N–H and O–H groups in total. The van der Waals surface area contributed by atoms with E-state index >= 15 is 0 Å². The Kier molecular flexibility index (Phi) is 4.35. The fourth-order valence-corrected chi connectivity index (χ4v) is 2.62. The van der Waals surface area contributed by atoms with Gasteiger partial charge in [0.05, 0.1) is 17.1 Å². The maximum absolute atomic E-state index is 12.3. The zero-order chi connectivity index (χ0) is 13.9. The molecule has 0 aromatic heterocycles. The van der Waals surface area contributed by atoms with Crippen molar-refractivity contribution >= 4 is 33.4 Å². The van der Waals surface area contributed by atoms with E-state index in [1.54, 1.807) is 0 Å². The van der Waals surface area contributed by atoms with Gasteiger partial charge in [-0.25, -0.2) is 4.21 Å². The molecule has 2 rings (SSSR count). The molecule has 0 saturated heterocycles. The van der Waals surface area contributed by atoms with Gasteiger partial charge in [0.2, 0.25) is 5.17 Å². The predicted molar refractivity (Wildman–Crippen MR) is 68.2 cm³/mol. The first kappa shape index (κ1) is 14.2. The standard InChI is InChI=1S/C10H8F3N3OS2/c11-10(12,13)19(17)8-3-1-2-7(6-8)15-16-9-14-4-5-18-9/h1-3,6H,4-5H2. The lowest BCUT2D eigenvalue weighted by molar-refractivity contribution is -0.0384. The fourth-order valence-electron chi connectivity index (χ4n) is 1.28. The summed E-state index contributed by atoms with van der Waals surface area (Å²) in [5, 5.41) is 8.10. The molecule has 0 fully saturated rings. The summed E-state index contributed by atoms with van der Waals surface area (Å²) in [6.45, 7) is 0.664. The highest BCUT2D eigenvalue weighted by Gasteiger charge is 2.38. The normalized spacial score (nSPS) is 17.7. The number of rotatable bonds is 2. The van der Waals surface area contributed by atoms with Gasteiger partial charge in [-0.05, 0) is 18.2 Å². The van der Waals surface area contributed by atoms with E-state index in [-0.39, 0.29) is 10.6 Å². The van der Waals surface area contributed by atoms with Gasteiger partial charge in [-0.15, -0.1) is 10.2 Å². The third-order valence-corrected chi connectivity index (χ3v) is 4.02. The van der Waals surface area contributed by atoms with E-state index in [4.69, 9.17) is 0 Å². The maximum atomic E-state index is 12.3. The van der Waals surface area contributed by atoms with Crippen molar-refractivity contribution in [2.24, 2.45) is 15.2 Å². The van der Waals surface area contributed by atoms with E-state index < -0.39 is 16.3 Å². The Balaban J connectivity index is 2.17. The van der Waals surface area contributed by atoms with Crippen LogP contribution in [-0.4, -0.2) is 27.2 Å². The summed E-state index contributed by atoms with van der Waals surface area (Å²) < 4.78 is 48.1. The molecule has 1 unspecified atom stereocenters. The monoisotopic (exact) mass is 307 g/mol. The first-order valence-electron chi connectivity index (χ1n) is 5.14. The van der Waals surface area contributed by atoms with Crippen LogP contribution in [0.1, 0.15) is 0 Å². The Hall–Kier alpha value is -1.22. The lowest BCUT2D eigenvalue weighted by Gasteiger charge is -2.05. The second-order valence-corrected chi connectivity index (χ2v) is 5.96. The largest absolute Gasteiger partial charge is 0.475 e. The lowest BCUT2D eigenvalue weighted by Crippen LogP contribution is -2.15. The molecule has 1 aromatic rings. The predicted octanol–water partition coefficient (Wildman–Crippen LogP) is 3.50. The van der Waals surface area contributed by atoms with Gasteiger partial charge < -0.3 is 0 Å². The van der Waals surface area contributed by atoms with Gasteiger partial charge in [-0.2, -0.15) is 13.2 Å². The molecule has 0 spiro atoms. The first-order chi connectivity index (χ1) is 8.97. The highest BCUT2D eigenvalue weighted by atomic mass is 32.2. The Morgan fingerprint density at radius 1 is 1.32 bits per heavy atom. The third kappa shape index (κ3) is 3.87. The van der Waals surface area contributed by atoms with Crippen molar-refractivity contribution in [3.63, 3.8) is 0 Å². The third-order valence-electron chi connectivity index (χ3n) is 2.06. The van der Waals surface area contributed by atoms with Crippen molar-refractivity contribution in [3.8, 4) is 0 Å². The zero-order valence-corrected chi connectivity index (χ0v) is 11.1. The number of hydrogen-bond acceptors (Lipinski definition) is 5. The summed E-state index contributed by atoms with van der Waals surface area (Å²) in [5.74, 6) is 0.826. The Bertz CT molecular complexity index is 557. The number of hydrogen-bond donors (Lipinski definition) is 0. The molecule has 1 aromatic carbocycles. The summed E-state index contributed by atoms with van der Waals surface area (Å²) in [4.78, 5) is 3.68. The van der Waals surface area contributed by atoms with Crippen LogP contribution in [0.4, 0.5) is 18.9 Å². The van der Waals surface area contributed by atoms with Crippen molar-refractivity contribution in [1.82, 2.24) is 0 Å². The quantitative estimate of drug-likeness (QED) is 0.785. The Morgan fingerprint density at radius 2 is 2.11 bits per heavy atom. The molecule has 4 nitrogen and oxygen atoms in total. The zero-order valence-electron chi connectivity index (χ0n) is 9.42. The van der Waals surface area contributed by atoms with Gasteiger partial charge >= 0.3 is 5.51 Å². The molecule has 0 bridgehead atoms. The average Bonchev–Trinajstić information content (AvgIpc) is 2.88. The maximum Gasteiger partial charge on any atom is 0.475 e. The summed E-state index contributed by atoms with van der Waals surface area (Å²) in [7, 11) is -3.05. The van der Waals surface area contributed by atoms with Crippen LogP contribution in [-0.2, 0) is 10.8 Å². The van der Waals surface area contributed by atoms with E-state index in [9.17, 15) is 17.4 Å². The number of alkyl halides is 3. The van der Waals surface area contributed by atoms with Crippen LogP contribution in [0.3, 0.4) is 0 Å². The molecule has 9 heteroatoms. The Labute approximate surface area is 113 Å². The first-order valence-corrected chi connectivity index (χ1v) is 7.28. The van der Waals surface area contributed by atoms with Crippen LogP contribution < -0.4 is 0 Å². The molecular weight excluding hydrogens is 299 g/mol. The molecule has 0 amide bonds. The molecule has 1 heterocycles. The summed E-state index contributed by atoms with van der Waals surface area (Å²) in [6.07, 6.45) is 0. The summed E-state index contributed by atoms with van der Waals surface area (Å²) in [6, 6.07) is 5.09. The second-order valence-electron chi connectivity index (χ2n) is 3.42. The molecule has 19 heavy (non-hydrogen) atoms. The number of amidine groups is 1. The van der Waals surface area contributed by atoms with Crippen molar-refractivity contribution in [1.29, 1.82) is 0 Å². The molecule has 1 atom stereocenters. The van der Waals surface area contributed by atoms with Crippen LogP contribution in [0.25, 0.3) is 0 Å². The summed E-state index contributed by atoms with van der Waals surface area (Å²) in [5.41, 5.74) is -4.56. The smallest absolute Gasteiger partial charge is 0.258 e.